The van der Waals surface area contributed by atoms with Gasteiger partial charge in [-0.15, -0.1) is 0 Å². The monoisotopic (exact) mass is 348 g/mol. The molecule has 0 saturated carbocycles. The Morgan fingerprint density at radius 3 is 1.57 bits per heavy atom. The van der Waals surface area contributed by atoms with Crippen molar-refractivity contribution in [1.29, 1.82) is 0 Å². The van der Waals surface area contributed by atoms with E-state index in [0.717, 1.165) is 0 Å². The predicted molar refractivity (Wildman–Crippen MR) is 101 cm³/mol. The fraction of sp³-hybridized carbons (Fsp3) is 0.600. The molecule has 1 aromatic carbocycles. The van der Waals surface area contributed by atoms with Gasteiger partial charge in [0.05, 0.1) is 0 Å². The Morgan fingerprint density at radius 2 is 1.24 bits per heavy atom. The van der Waals surface area contributed by atoms with E-state index in [4.69, 9.17) is 0 Å². The Morgan fingerprint density at radius 1 is 0.810 bits per heavy atom. The summed E-state index contributed by atoms with van der Waals surface area (Å²) in [5.41, 5.74) is 1.26. The van der Waals surface area contributed by atoms with E-state index in [0.29, 0.717) is 0 Å². The first kappa shape index (κ1) is 18.6. The zero-order valence-corrected chi connectivity index (χ0v) is 16.6. The third kappa shape index (κ3) is 5.66. The number of unbranched alkanes of at least 4 members (excludes halogenated alkanes) is 3. The molecular weight excluding hydrogens is 313 g/mol. The fourth-order valence-electron chi connectivity index (χ4n) is 3.33. The Bertz CT molecular complexity index is 369. The molecule has 21 heavy (non-hydrogen) atoms. The second kappa shape index (κ2) is 10.3. The molecule has 0 atom stereocenters. The molecule has 0 aliphatic heterocycles. The van der Waals surface area contributed by atoms with Crippen LogP contribution in [-0.2, 0) is 0 Å². The van der Waals surface area contributed by atoms with E-state index in [1.807, 2.05) is 6.08 Å². The van der Waals surface area contributed by atoms with Gasteiger partial charge in [-0.05, 0) is 0 Å². The van der Waals surface area contributed by atoms with Crippen molar-refractivity contribution >= 4 is 23.7 Å². The van der Waals surface area contributed by atoms with E-state index in [1.54, 1.807) is 4.40 Å². The van der Waals surface area contributed by atoms with E-state index in [1.165, 1.54) is 59.8 Å². The van der Waals surface area contributed by atoms with Crippen molar-refractivity contribution in [3.8, 4) is 0 Å². The summed E-state index contributed by atoms with van der Waals surface area (Å²) in [4.78, 5) is 0. The summed E-state index contributed by atoms with van der Waals surface area (Å²) in [7, 11) is 0. The molecule has 0 aromatic heterocycles. The maximum atomic E-state index is 3.89. The van der Waals surface area contributed by atoms with Crippen molar-refractivity contribution in [3.05, 3.63) is 36.4 Å². The van der Waals surface area contributed by atoms with Gasteiger partial charge in [-0.2, -0.15) is 0 Å². The molecule has 0 aliphatic rings. The van der Waals surface area contributed by atoms with Crippen LogP contribution in [0.2, 0.25) is 15.8 Å². The summed E-state index contributed by atoms with van der Waals surface area (Å²) < 4.78 is 1.75. The van der Waals surface area contributed by atoms with E-state index < -0.39 is 13.3 Å². The number of hydrogen-bond donors (Lipinski definition) is 0. The predicted octanol–water partition coefficient (Wildman–Crippen LogP) is 6.39. The van der Waals surface area contributed by atoms with Crippen LogP contribution in [0.25, 0.3) is 6.08 Å². The molecule has 1 aromatic rings. The molecule has 0 amide bonds. The quantitative estimate of drug-likeness (QED) is 0.407. The molecule has 118 valence electrons. The van der Waals surface area contributed by atoms with Crippen molar-refractivity contribution in [2.45, 2.75) is 75.1 Å². The average Bonchev–Trinajstić information content (AvgIpc) is 2.55. The third-order valence-corrected chi connectivity index (χ3v) is 16.3. The average molecular weight is 347 g/mol. The first-order valence-corrected chi connectivity index (χ1v) is 14.5. The summed E-state index contributed by atoms with van der Waals surface area (Å²) >= 11 is -1.90. The topological polar surface area (TPSA) is 0 Å². The molecule has 0 bridgehead atoms. The van der Waals surface area contributed by atoms with Gasteiger partial charge in [-0.25, -0.2) is 0 Å². The van der Waals surface area contributed by atoms with Gasteiger partial charge in [0.15, 0.2) is 0 Å². The van der Waals surface area contributed by atoms with Gasteiger partial charge in [-0.1, -0.05) is 0 Å². The van der Waals surface area contributed by atoms with E-state index in [-0.39, 0.29) is 0 Å². The number of rotatable bonds is 11. The van der Waals surface area contributed by atoms with Crippen LogP contribution in [0.4, 0.5) is 0 Å². The van der Waals surface area contributed by atoms with Gasteiger partial charge < -0.3 is 0 Å². The summed E-state index contributed by atoms with van der Waals surface area (Å²) in [6, 6.07) is 9.45. The molecule has 0 unspecified atom stereocenters. The van der Waals surface area contributed by atoms with Crippen molar-refractivity contribution in [2.24, 2.45) is 0 Å². The van der Waals surface area contributed by atoms with Crippen LogP contribution in [0, 0.1) is 0 Å². The molecule has 0 nitrogen and oxygen atoms in total. The van der Waals surface area contributed by atoms with Crippen LogP contribution >= 0.6 is 0 Å². The van der Waals surface area contributed by atoms with Crippen LogP contribution in [0.5, 0.6) is 0 Å². The molecule has 0 saturated heterocycles. The zero-order valence-electron chi connectivity index (χ0n) is 14.5. The van der Waals surface area contributed by atoms with Crippen molar-refractivity contribution < 1.29 is 0 Å². The zero-order chi connectivity index (χ0) is 15.6. The number of benzene rings is 1. The van der Waals surface area contributed by atoms with Crippen molar-refractivity contribution in [1.82, 2.24) is 0 Å². The van der Waals surface area contributed by atoms with Gasteiger partial charge in [-0.3, -0.25) is 0 Å². The molecule has 0 radical (unpaired) electrons. The van der Waals surface area contributed by atoms with E-state index in [2.05, 4.69) is 51.6 Å². The Hall–Kier alpha value is -0.497. The van der Waals surface area contributed by atoms with Crippen LogP contribution < -0.4 is 4.40 Å². The van der Waals surface area contributed by atoms with Gasteiger partial charge in [0.1, 0.15) is 0 Å². The first-order chi connectivity index (χ1) is 10.2. The molecule has 0 spiro atoms. The SMILES string of the molecule is C=Cc1cc[c]([Ge]([CH2]CCC)([CH2]CCC)[CH2]CCC)cc1. The summed E-state index contributed by atoms with van der Waals surface area (Å²) in [6.07, 6.45) is 10.3. The first-order valence-electron chi connectivity index (χ1n) is 8.95. The van der Waals surface area contributed by atoms with Gasteiger partial charge in [0.25, 0.3) is 0 Å². The summed E-state index contributed by atoms with van der Waals surface area (Å²) in [6.45, 7) is 10.9. The van der Waals surface area contributed by atoms with Crippen molar-refractivity contribution in [3.63, 3.8) is 0 Å². The number of hydrogen-bond acceptors (Lipinski definition) is 0. The van der Waals surface area contributed by atoms with Crippen LogP contribution in [-0.4, -0.2) is 13.3 Å². The van der Waals surface area contributed by atoms with Crippen LogP contribution in [0.3, 0.4) is 0 Å². The minimum absolute atomic E-state index is 1.26. The summed E-state index contributed by atoms with van der Waals surface area (Å²) in [5.74, 6) is 0. The Kier molecular flexibility index (Phi) is 9.07. The Balaban J connectivity index is 3.05. The normalized spacial score (nSPS) is 11.6. The van der Waals surface area contributed by atoms with Gasteiger partial charge >= 0.3 is 135 Å². The van der Waals surface area contributed by atoms with Gasteiger partial charge in [0, 0.05) is 0 Å². The van der Waals surface area contributed by atoms with Crippen LogP contribution in [0.1, 0.15) is 64.9 Å². The van der Waals surface area contributed by atoms with Crippen molar-refractivity contribution in [2.75, 3.05) is 0 Å². The third-order valence-electron chi connectivity index (χ3n) is 4.79. The standard InChI is InChI=1S/C20H34Ge/c1-5-9-16-21(17-10-6-2,18-11-7-3)20-14-12-19(8-4)13-15-20/h8,12-15H,4-7,9-11,16-18H2,1-3H3. The molecule has 0 heterocycles. The Labute approximate surface area is 135 Å². The van der Waals surface area contributed by atoms with Gasteiger partial charge in [0.2, 0.25) is 0 Å². The summed E-state index contributed by atoms with van der Waals surface area (Å²) in [5, 5.41) is 4.60. The molecule has 1 heteroatoms. The molecular formula is C20H34Ge. The van der Waals surface area contributed by atoms with E-state index in [9.17, 15) is 0 Å². The fourth-order valence-corrected chi connectivity index (χ4v) is 15.0. The minimum atomic E-state index is -1.90. The van der Waals surface area contributed by atoms with E-state index >= 15 is 0 Å². The molecule has 0 N–H and O–H groups in total. The van der Waals surface area contributed by atoms with Crippen LogP contribution in [0.15, 0.2) is 30.8 Å². The molecule has 0 fully saturated rings. The maximum absolute atomic E-state index is 3.89. The molecule has 0 aliphatic carbocycles. The molecule has 1 rings (SSSR count). The second-order valence-electron chi connectivity index (χ2n) is 6.42. The second-order valence-corrected chi connectivity index (χ2v) is 16.1.